The number of carbonyl (C=O) groups is 2. The molecule has 2 fully saturated rings. The number of amides is 1. The summed E-state index contributed by atoms with van der Waals surface area (Å²) in [6.45, 7) is 0.924. The first kappa shape index (κ1) is 20.4. The number of carbonyl (C=O) groups excluding carboxylic acids is 2. The van der Waals surface area contributed by atoms with Crippen molar-refractivity contribution in [2.45, 2.75) is 25.0 Å². The van der Waals surface area contributed by atoms with E-state index in [2.05, 4.69) is 0 Å². The van der Waals surface area contributed by atoms with E-state index < -0.39 is 17.7 Å². The molecule has 2 aromatic rings. The van der Waals surface area contributed by atoms with Gasteiger partial charge < -0.3 is 19.5 Å². The van der Waals surface area contributed by atoms with Crippen LogP contribution in [0.1, 0.15) is 30.0 Å². The number of ketones is 1. The molecule has 2 aliphatic rings. The Morgan fingerprint density at radius 3 is 2.67 bits per heavy atom. The average Bonchev–Trinajstić information content (AvgIpc) is 3.36. The van der Waals surface area contributed by atoms with E-state index >= 15 is 0 Å². The van der Waals surface area contributed by atoms with Crippen LogP contribution in [0.2, 0.25) is 5.02 Å². The van der Waals surface area contributed by atoms with Gasteiger partial charge in [0.1, 0.15) is 11.5 Å². The van der Waals surface area contributed by atoms with E-state index in [0.717, 1.165) is 12.8 Å². The molecular formula is C23H22ClNO5. The highest BCUT2D eigenvalue weighted by molar-refractivity contribution is 6.46. The summed E-state index contributed by atoms with van der Waals surface area (Å²) >= 11 is 5.95. The van der Waals surface area contributed by atoms with Gasteiger partial charge in [0, 0.05) is 23.7 Å². The van der Waals surface area contributed by atoms with Crippen molar-refractivity contribution in [3.63, 3.8) is 0 Å². The van der Waals surface area contributed by atoms with Crippen LogP contribution in [-0.2, 0) is 14.3 Å². The Morgan fingerprint density at radius 1 is 1.23 bits per heavy atom. The van der Waals surface area contributed by atoms with Crippen LogP contribution in [0, 0.1) is 0 Å². The van der Waals surface area contributed by atoms with E-state index in [1.54, 1.807) is 49.6 Å². The number of ether oxygens (including phenoxy) is 2. The molecule has 1 N–H and O–H groups in total. The number of likely N-dealkylation sites (tertiary alicyclic amines) is 1. The van der Waals surface area contributed by atoms with Crippen molar-refractivity contribution in [2.75, 3.05) is 20.3 Å². The Bertz CT molecular complexity index is 995. The molecule has 0 aromatic heterocycles. The summed E-state index contributed by atoms with van der Waals surface area (Å²) in [5.74, 6) is -0.989. The van der Waals surface area contributed by atoms with Crippen molar-refractivity contribution in [1.82, 2.24) is 4.90 Å². The molecule has 2 heterocycles. The summed E-state index contributed by atoms with van der Waals surface area (Å²) in [4.78, 5) is 27.5. The lowest BCUT2D eigenvalue weighted by atomic mass is 9.95. The molecule has 6 nitrogen and oxygen atoms in total. The van der Waals surface area contributed by atoms with Crippen LogP contribution in [-0.4, -0.2) is 48.1 Å². The molecule has 156 valence electrons. The third-order valence-corrected chi connectivity index (χ3v) is 5.74. The standard InChI is InChI=1S/C23H22ClNO5/c1-29-17-5-2-4-15(12-17)20-19(21(26)14-7-9-16(24)10-8-14)22(27)23(28)25(20)13-18-6-3-11-30-18/h2,4-5,7-10,12,18,20,26H,3,6,11,13H2,1H3/b21-19-. The quantitative estimate of drug-likeness (QED) is 0.444. The van der Waals surface area contributed by atoms with Gasteiger partial charge in [0.2, 0.25) is 0 Å². The third-order valence-electron chi connectivity index (χ3n) is 5.49. The highest BCUT2D eigenvalue weighted by Crippen LogP contribution is 2.41. The lowest BCUT2D eigenvalue weighted by Gasteiger charge is -2.27. The smallest absolute Gasteiger partial charge is 0.295 e. The third kappa shape index (κ3) is 3.80. The van der Waals surface area contributed by atoms with Gasteiger partial charge in [-0.15, -0.1) is 0 Å². The number of rotatable bonds is 5. The van der Waals surface area contributed by atoms with Gasteiger partial charge in [0.25, 0.3) is 11.7 Å². The Hall–Kier alpha value is -2.83. The van der Waals surface area contributed by atoms with E-state index in [-0.39, 0.29) is 24.0 Å². The molecule has 1 amide bonds. The molecule has 0 radical (unpaired) electrons. The molecule has 2 aliphatic heterocycles. The molecule has 30 heavy (non-hydrogen) atoms. The SMILES string of the molecule is COc1cccc(C2/C(=C(/O)c3ccc(Cl)cc3)C(=O)C(=O)N2CC2CCCO2)c1. The molecular weight excluding hydrogens is 406 g/mol. The molecule has 2 aromatic carbocycles. The zero-order chi connectivity index (χ0) is 21.3. The maximum absolute atomic E-state index is 13.0. The minimum Gasteiger partial charge on any atom is -0.507 e. The van der Waals surface area contributed by atoms with Crippen molar-refractivity contribution in [2.24, 2.45) is 0 Å². The van der Waals surface area contributed by atoms with Crippen molar-refractivity contribution in [3.05, 3.63) is 70.3 Å². The second-order valence-electron chi connectivity index (χ2n) is 7.37. The Kier molecular flexibility index (Phi) is 5.79. The highest BCUT2D eigenvalue weighted by atomic mass is 35.5. The summed E-state index contributed by atoms with van der Waals surface area (Å²) < 4.78 is 11.0. The minimum absolute atomic E-state index is 0.0496. The van der Waals surface area contributed by atoms with Gasteiger partial charge in [-0.2, -0.15) is 0 Å². The van der Waals surface area contributed by atoms with E-state index in [4.69, 9.17) is 21.1 Å². The Balaban J connectivity index is 1.83. The zero-order valence-electron chi connectivity index (χ0n) is 16.5. The lowest BCUT2D eigenvalue weighted by Crippen LogP contribution is -2.36. The molecule has 0 spiro atoms. The molecule has 7 heteroatoms. The topological polar surface area (TPSA) is 76.1 Å². The molecule has 2 unspecified atom stereocenters. The summed E-state index contributed by atoms with van der Waals surface area (Å²) in [5, 5.41) is 11.5. The van der Waals surface area contributed by atoms with Gasteiger partial charge in [-0.3, -0.25) is 9.59 Å². The van der Waals surface area contributed by atoms with Gasteiger partial charge in [0.15, 0.2) is 0 Å². The first-order valence-corrected chi connectivity index (χ1v) is 10.2. The number of hydrogen-bond acceptors (Lipinski definition) is 5. The number of benzene rings is 2. The van der Waals surface area contributed by atoms with Crippen LogP contribution in [0.25, 0.3) is 5.76 Å². The second kappa shape index (κ2) is 8.50. The van der Waals surface area contributed by atoms with Crippen LogP contribution < -0.4 is 4.74 Å². The maximum Gasteiger partial charge on any atom is 0.295 e. The summed E-state index contributed by atoms with van der Waals surface area (Å²) in [5.41, 5.74) is 1.15. The minimum atomic E-state index is -0.736. The summed E-state index contributed by atoms with van der Waals surface area (Å²) in [6, 6.07) is 12.9. The first-order chi connectivity index (χ1) is 14.5. The molecule has 0 bridgehead atoms. The number of nitrogens with zero attached hydrogens (tertiary/aromatic N) is 1. The molecule has 4 rings (SSSR count). The fraction of sp³-hybridized carbons (Fsp3) is 0.304. The van der Waals surface area contributed by atoms with Gasteiger partial charge in [0.05, 0.1) is 24.8 Å². The molecule has 2 atom stereocenters. The molecule has 0 aliphatic carbocycles. The van der Waals surface area contributed by atoms with Gasteiger partial charge in [-0.05, 0) is 54.8 Å². The number of aliphatic hydroxyl groups excluding tert-OH is 1. The monoisotopic (exact) mass is 427 g/mol. The summed E-state index contributed by atoms with van der Waals surface area (Å²) in [6.07, 6.45) is 1.61. The van der Waals surface area contributed by atoms with E-state index in [0.29, 0.717) is 28.5 Å². The van der Waals surface area contributed by atoms with E-state index in [1.807, 2.05) is 6.07 Å². The van der Waals surface area contributed by atoms with Crippen LogP contribution in [0.4, 0.5) is 0 Å². The van der Waals surface area contributed by atoms with Crippen LogP contribution in [0.15, 0.2) is 54.1 Å². The van der Waals surface area contributed by atoms with Crippen LogP contribution in [0.5, 0.6) is 5.75 Å². The van der Waals surface area contributed by atoms with Crippen molar-refractivity contribution in [1.29, 1.82) is 0 Å². The second-order valence-corrected chi connectivity index (χ2v) is 7.81. The van der Waals surface area contributed by atoms with Gasteiger partial charge in [-0.25, -0.2) is 0 Å². The van der Waals surface area contributed by atoms with Crippen molar-refractivity contribution >= 4 is 29.1 Å². The molecule has 0 saturated carbocycles. The Labute approximate surface area is 179 Å². The maximum atomic E-state index is 13.0. The van der Waals surface area contributed by atoms with Gasteiger partial charge >= 0.3 is 0 Å². The van der Waals surface area contributed by atoms with Crippen molar-refractivity contribution in [3.8, 4) is 5.75 Å². The number of aliphatic hydroxyl groups is 1. The predicted molar refractivity (Wildman–Crippen MR) is 112 cm³/mol. The summed E-state index contributed by atoms with van der Waals surface area (Å²) in [7, 11) is 1.55. The number of halogens is 1. The fourth-order valence-electron chi connectivity index (χ4n) is 4.00. The zero-order valence-corrected chi connectivity index (χ0v) is 17.3. The number of methoxy groups -OCH3 is 1. The van der Waals surface area contributed by atoms with E-state index in [1.165, 1.54) is 4.90 Å². The first-order valence-electron chi connectivity index (χ1n) is 9.79. The van der Waals surface area contributed by atoms with Crippen LogP contribution in [0.3, 0.4) is 0 Å². The highest BCUT2D eigenvalue weighted by Gasteiger charge is 2.47. The fourth-order valence-corrected chi connectivity index (χ4v) is 4.12. The predicted octanol–water partition coefficient (Wildman–Crippen LogP) is 3.95. The number of hydrogen-bond donors (Lipinski definition) is 1. The average molecular weight is 428 g/mol. The lowest BCUT2D eigenvalue weighted by molar-refractivity contribution is -0.140. The Morgan fingerprint density at radius 2 is 2.00 bits per heavy atom. The van der Waals surface area contributed by atoms with E-state index in [9.17, 15) is 14.7 Å². The number of Topliss-reactive ketones (excluding diaryl/α,β-unsaturated/α-hetero) is 1. The molecule has 2 saturated heterocycles. The normalized spacial score (nSPS) is 23.2. The van der Waals surface area contributed by atoms with Crippen LogP contribution >= 0.6 is 11.6 Å². The largest absolute Gasteiger partial charge is 0.507 e. The van der Waals surface area contributed by atoms with Crippen molar-refractivity contribution < 1.29 is 24.2 Å². The van der Waals surface area contributed by atoms with Gasteiger partial charge in [-0.1, -0.05) is 23.7 Å².